The standard InChI is InChI=1S/C18H31N5O5/c1-11-9-23(16-7-14(26)15(10-24)28-16)18(27)22-17(11)21-8-12(20)13(25)5-3-2-4-6-19/h9,12,14-16,24,26H,2-8,10,19-20H2,1H3,(H,21,22,27)/t12?,14-,15+,16+/m0/s1. The van der Waals surface area contributed by atoms with Crippen molar-refractivity contribution in [3.05, 3.63) is 22.2 Å². The second-order valence-corrected chi connectivity index (χ2v) is 7.13. The number of carbonyl (C=O) groups excluding carboxylic acids is 1. The number of ether oxygens (including phenoxy) is 1. The SMILES string of the molecule is Cc1cn([C@H]2C[C@H](O)[C@@H](CO)O2)c(=O)nc1NCC(N)C(=O)CCCCCN. The van der Waals surface area contributed by atoms with Crippen molar-refractivity contribution in [2.45, 2.75) is 63.5 Å². The van der Waals surface area contributed by atoms with E-state index in [0.717, 1.165) is 19.3 Å². The van der Waals surface area contributed by atoms with Gasteiger partial charge in [-0.1, -0.05) is 6.42 Å². The van der Waals surface area contributed by atoms with Gasteiger partial charge in [0.2, 0.25) is 0 Å². The average Bonchev–Trinajstić information content (AvgIpc) is 3.05. The molecule has 0 aliphatic carbocycles. The summed E-state index contributed by atoms with van der Waals surface area (Å²) in [5.74, 6) is 0.309. The van der Waals surface area contributed by atoms with Crippen molar-refractivity contribution in [1.29, 1.82) is 0 Å². The molecule has 158 valence electrons. The molecule has 1 aliphatic heterocycles. The highest BCUT2D eigenvalue weighted by molar-refractivity contribution is 5.84. The molecule has 0 radical (unpaired) electrons. The van der Waals surface area contributed by atoms with E-state index in [2.05, 4.69) is 10.3 Å². The molecule has 4 atom stereocenters. The van der Waals surface area contributed by atoms with Gasteiger partial charge in [0.05, 0.1) is 18.8 Å². The van der Waals surface area contributed by atoms with E-state index in [4.69, 9.17) is 16.2 Å². The van der Waals surface area contributed by atoms with Crippen LogP contribution in [-0.2, 0) is 9.53 Å². The van der Waals surface area contributed by atoms with Crippen LogP contribution in [0.25, 0.3) is 0 Å². The lowest BCUT2D eigenvalue weighted by Gasteiger charge is -2.17. The number of nitrogens with zero attached hydrogens (tertiary/aromatic N) is 2. The van der Waals surface area contributed by atoms with Gasteiger partial charge in [0.1, 0.15) is 18.1 Å². The highest BCUT2D eigenvalue weighted by atomic mass is 16.5. The number of aryl methyl sites for hydroxylation is 1. The van der Waals surface area contributed by atoms with Crippen LogP contribution in [0.1, 0.15) is 43.9 Å². The summed E-state index contributed by atoms with van der Waals surface area (Å²) in [5.41, 5.74) is 11.5. The van der Waals surface area contributed by atoms with Crippen LogP contribution in [0, 0.1) is 6.92 Å². The van der Waals surface area contributed by atoms with E-state index in [-0.39, 0.29) is 25.4 Å². The fourth-order valence-corrected chi connectivity index (χ4v) is 3.13. The molecule has 0 saturated carbocycles. The Morgan fingerprint density at radius 2 is 2.21 bits per heavy atom. The molecule has 28 heavy (non-hydrogen) atoms. The van der Waals surface area contributed by atoms with Crippen molar-refractivity contribution >= 4 is 11.6 Å². The zero-order valence-electron chi connectivity index (χ0n) is 16.2. The van der Waals surface area contributed by atoms with Gasteiger partial charge in [-0.2, -0.15) is 4.98 Å². The lowest BCUT2D eigenvalue weighted by Crippen LogP contribution is -2.38. The minimum Gasteiger partial charge on any atom is -0.394 e. The van der Waals surface area contributed by atoms with Crippen LogP contribution >= 0.6 is 0 Å². The first-order chi connectivity index (χ1) is 13.4. The minimum atomic E-state index is -0.839. The van der Waals surface area contributed by atoms with E-state index in [1.165, 1.54) is 4.57 Å². The number of aliphatic hydroxyl groups excluding tert-OH is 2. The Kier molecular flexibility index (Phi) is 8.52. The number of aliphatic hydroxyl groups is 2. The topological polar surface area (TPSA) is 166 Å². The lowest BCUT2D eigenvalue weighted by atomic mass is 10.1. The normalized spacial score (nSPS) is 23.0. The van der Waals surface area contributed by atoms with E-state index in [1.807, 2.05) is 0 Å². The molecule has 1 unspecified atom stereocenters. The molecule has 1 aliphatic rings. The van der Waals surface area contributed by atoms with Gasteiger partial charge in [-0.3, -0.25) is 9.36 Å². The molecule has 0 bridgehead atoms. The van der Waals surface area contributed by atoms with Gasteiger partial charge in [-0.25, -0.2) is 4.79 Å². The van der Waals surface area contributed by atoms with Crippen molar-refractivity contribution in [2.75, 3.05) is 25.0 Å². The number of nitrogens with two attached hydrogens (primary N) is 2. The molecular formula is C18H31N5O5. The maximum atomic E-state index is 12.3. The molecule has 0 amide bonds. The summed E-state index contributed by atoms with van der Waals surface area (Å²) in [7, 11) is 0. The smallest absolute Gasteiger partial charge is 0.351 e. The Hall–Kier alpha value is -1.85. The van der Waals surface area contributed by atoms with E-state index in [0.29, 0.717) is 24.3 Å². The van der Waals surface area contributed by atoms with Crippen LogP contribution in [0.2, 0.25) is 0 Å². The number of Topliss-reactive ketones (excluding diaryl/α,β-unsaturated/α-hetero) is 1. The average molecular weight is 397 g/mol. The molecule has 1 fully saturated rings. The molecule has 1 aromatic heterocycles. The van der Waals surface area contributed by atoms with Crippen molar-refractivity contribution < 1.29 is 19.7 Å². The van der Waals surface area contributed by atoms with Crippen molar-refractivity contribution in [3.63, 3.8) is 0 Å². The van der Waals surface area contributed by atoms with Crippen LogP contribution < -0.4 is 22.5 Å². The molecule has 2 rings (SSSR count). The van der Waals surface area contributed by atoms with Gasteiger partial charge in [0.25, 0.3) is 0 Å². The highest BCUT2D eigenvalue weighted by Crippen LogP contribution is 2.27. The Balaban J connectivity index is 1.94. The van der Waals surface area contributed by atoms with Crippen molar-refractivity contribution in [3.8, 4) is 0 Å². The number of hydrogen-bond acceptors (Lipinski definition) is 9. The number of aromatic nitrogens is 2. The molecular weight excluding hydrogens is 366 g/mol. The Morgan fingerprint density at radius 3 is 2.86 bits per heavy atom. The minimum absolute atomic E-state index is 0.0427. The van der Waals surface area contributed by atoms with Crippen molar-refractivity contribution in [2.24, 2.45) is 11.5 Å². The van der Waals surface area contributed by atoms with Gasteiger partial charge in [-0.15, -0.1) is 0 Å². The number of carbonyl (C=O) groups is 1. The number of ketones is 1. The Morgan fingerprint density at radius 1 is 1.46 bits per heavy atom. The molecule has 1 saturated heterocycles. The summed E-state index contributed by atoms with van der Waals surface area (Å²) in [6.07, 6.45) is 2.49. The third-order valence-electron chi connectivity index (χ3n) is 4.86. The maximum absolute atomic E-state index is 12.3. The first-order valence-electron chi connectivity index (χ1n) is 9.63. The largest absolute Gasteiger partial charge is 0.394 e. The molecule has 10 nitrogen and oxygen atoms in total. The summed E-state index contributed by atoms with van der Waals surface area (Å²) in [5, 5.41) is 22.0. The predicted octanol–water partition coefficient (Wildman–Crippen LogP) is -0.980. The number of rotatable bonds is 11. The fraction of sp³-hybridized carbons (Fsp3) is 0.722. The van der Waals surface area contributed by atoms with E-state index in [1.54, 1.807) is 13.1 Å². The second-order valence-electron chi connectivity index (χ2n) is 7.13. The van der Waals surface area contributed by atoms with Gasteiger partial charge < -0.3 is 31.7 Å². The first-order valence-corrected chi connectivity index (χ1v) is 9.63. The summed E-state index contributed by atoms with van der Waals surface area (Å²) < 4.78 is 6.79. The predicted molar refractivity (Wildman–Crippen MR) is 104 cm³/mol. The van der Waals surface area contributed by atoms with Crippen LogP contribution in [0.5, 0.6) is 0 Å². The van der Waals surface area contributed by atoms with Gasteiger partial charge >= 0.3 is 5.69 Å². The van der Waals surface area contributed by atoms with Gasteiger partial charge in [0, 0.05) is 31.1 Å². The fourth-order valence-electron chi connectivity index (χ4n) is 3.13. The van der Waals surface area contributed by atoms with Crippen LogP contribution in [0.15, 0.2) is 11.0 Å². The van der Waals surface area contributed by atoms with Gasteiger partial charge in [0.15, 0.2) is 5.78 Å². The van der Waals surface area contributed by atoms with Crippen LogP contribution in [0.3, 0.4) is 0 Å². The van der Waals surface area contributed by atoms with Gasteiger partial charge in [-0.05, 0) is 26.3 Å². The summed E-state index contributed by atoms with van der Waals surface area (Å²) >= 11 is 0. The number of anilines is 1. The quantitative estimate of drug-likeness (QED) is 0.295. The summed E-state index contributed by atoms with van der Waals surface area (Å²) in [6.45, 7) is 2.24. The zero-order valence-corrected chi connectivity index (χ0v) is 16.2. The highest BCUT2D eigenvalue weighted by Gasteiger charge is 2.35. The Labute approximate surface area is 163 Å². The molecule has 7 N–H and O–H groups in total. The molecule has 0 spiro atoms. The number of unbranched alkanes of at least 4 members (excludes halogenated alkanes) is 2. The van der Waals surface area contributed by atoms with E-state index >= 15 is 0 Å². The number of nitrogens with one attached hydrogen (secondary N) is 1. The van der Waals surface area contributed by atoms with E-state index < -0.39 is 30.2 Å². The number of hydrogen-bond donors (Lipinski definition) is 5. The Bertz CT molecular complexity index is 710. The molecule has 1 aromatic rings. The maximum Gasteiger partial charge on any atom is 0.351 e. The molecule has 2 heterocycles. The third kappa shape index (κ3) is 5.82. The summed E-state index contributed by atoms with van der Waals surface area (Å²) in [4.78, 5) is 28.4. The first kappa shape index (κ1) is 22.4. The lowest BCUT2D eigenvalue weighted by molar-refractivity contribution is -0.120. The van der Waals surface area contributed by atoms with Crippen LogP contribution in [-0.4, -0.2) is 63.5 Å². The molecule has 0 aromatic carbocycles. The zero-order chi connectivity index (χ0) is 20.7. The summed E-state index contributed by atoms with van der Waals surface area (Å²) in [6, 6.07) is -0.680. The molecule has 10 heteroatoms. The van der Waals surface area contributed by atoms with E-state index in [9.17, 15) is 19.8 Å². The van der Waals surface area contributed by atoms with Crippen molar-refractivity contribution in [1.82, 2.24) is 9.55 Å². The van der Waals surface area contributed by atoms with Crippen LogP contribution in [0.4, 0.5) is 5.82 Å². The second kappa shape index (κ2) is 10.6. The third-order valence-corrected chi connectivity index (χ3v) is 4.86. The monoisotopic (exact) mass is 397 g/mol.